The first-order chi connectivity index (χ1) is 6.09. The molecule has 1 heteroatoms. The summed E-state index contributed by atoms with van der Waals surface area (Å²) in [7, 11) is 2.14. The lowest BCUT2D eigenvalue weighted by atomic mass is 10.2. The Morgan fingerprint density at radius 3 is 2.15 bits per heavy atom. The highest BCUT2D eigenvalue weighted by Gasteiger charge is 2.01. The van der Waals surface area contributed by atoms with E-state index in [1.807, 2.05) is 0 Å². The maximum atomic E-state index is 2.30. The smallest absolute Gasteiger partial charge is 0.0363 e. The zero-order valence-electron chi connectivity index (χ0n) is 9.04. The normalized spacial score (nSPS) is 10.5. The number of anilines is 1. The summed E-state index contributed by atoms with van der Waals surface area (Å²) in [4.78, 5) is 2.30. The zero-order valence-corrected chi connectivity index (χ0v) is 9.04. The molecule has 0 aliphatic rings. The Kier molecular flexibility index (Phi) is 3.35. The summed E-state index contributed by atoms with van der Waals surface area (Å²) in [5.74, 6) is 0.714. The van der Waals surface area contributed by atoms with Gasteiger partial charge in [0.05, 0.1) is 0 Å². The molecular formula is C12H19N. The largest absolute Gasteiger partial charge is 0.374 e. The lowest BCUT2D eigenvalue weighted by Crippen LogP contribution is -2.22. The lowest BCUT2D eigenvalue weighted by molar-refractivity contribution is 0.638. The van der Waals surface area contributed by atoms with E-state index >= 15 is 0 Å². The second kappa shape index (κ2) is 4.31. The SMILES string of the molecule is Cc1ccc(N(C)CC(C)C)cc1. The summed E-state index contributed by atoms with van der Waals surface area (Å²) in [6.07, 6.45) is 0. The molecule has 0 heterocycles. The van der Waals surface area contributed by atoms with Crippen molar-refractivity contribution in [3.8, 4) is 0 Å². The minimum atomic E-state index is 0.714. The first kappa shape index (κ1) is 10.1. The molecule has 1 rings (SSSR count). The van der Waals surface area contributed by atoms with Crippen molar-refractivity contribution in [3.05, 3.63) is 29.8 Å². The Morgan fingerprint density at radius 2 is 1.69 bits per heavy atom. The fraction of sp³-hybridized carbons (Fsp3) is 0.500. The van der Waals surface area contributed by atoms with Gasteiger partial charge in [-0.15, -0.1) is 0 Å². The van der Waals surface area contributed by atoms with Crippen molar-refractivity contribution in [3.63, 3.8) is 0 Å². The molecule has 0 aliphatic carbocycles. The third-order valence-electron chi connectivity index (χ3n) is 2.11. The number of aryl methyl sites for hydroxylation is 1. The van der Waals surface area contributed by atoms with E-state index in [-0.39, 0.29) is 0 Å². The lowest BCUT2D eigenvalue weighted by Gasteiger charge is -2.21. The molecule has 0 radical (unpaired) electrons. The van der Waals surface area contributed by atoms with Crippen molar-refractivity contribution in [2.75, 3.05) is 18.5 Å². The Bertz CT molecular complexity index is 248. The molecular weight excluding hydrogens is 158 g/mol. The Labute approximate surface area is 81.4 Å². The van der Waals surface area contributed by atoms with Gasteiger partial charge in [0.2, 0.25) is 0 Å². The Morgan fingerprint density at radius 1 is 1.15 bits per heavy atom. The van der Waals surface area contributed by atoms with Gasteiger partial charge in [-0.25, -0.2) is 0 Å². The van der Waals surface area contributed by atoms with E-state index in [1.165, 1.54) is 11.3 Å². The fourth-order valence-electron chi connectivity index (χ4n) is 1.45. The summed E-state index contributed by atoms with van der Waals surface area (Å²) in [6, 6.07) is 8.67. The highest BCUT2D eigenvalue weighted by Crippen LogP contribution is 2.14. The van der Waals surface area contributed by atoms with Gasteiger partial charge in [-0.05, 0) is 25.0 Å². The van der Waals surface area contributed by atoms with E-state index in [4.69, 9.17) is 0 Å². The van der Waals surface area contributed by atoms with Crippen molar-refractivity contribution >= 4 is 5.69 Å². The first-order valence-electron chi connectivity index (χ1n) is 4.87. The van der Waals surface area contributed by atoms with Crippen molar-refractivity contribution in [1.82, 2.24) is 0 Å². The molecule has 0 unspecified atom stereocenters. The van der Waals surface area contributed by atoms with Gasteiger partial charge >= 0.3 is 0 Å². The molecule has 0 bridgehead atoms. The topological polar surface area (TPSA) is 3.24 Å². The van der Waals surface area contributed by atoms with Gasteiger partial charge in [-0.3, -0.25) is 0 Å². The van der Waals surface area contributed by atoms with E-state index in [9.17, 15) is 0 Å². The molecule has 0 saturated heterocycles. The third-order valence-corrected chi connectivity index (χ3v) is 2.11. The maximum absolute atomic E-state index is 2.30. The third kappa shape index (κ3) is 3.10. The first-order valence-corrected chi connectivity index (χ1v) is 4.87. The molecule has 13 heavy (non-hydrogen) atoms. The maximum Gasteiger partial charge on any atom is 0.0363 e. The summed E-state index contributed by atoms with van der Waals surface area (Å²) in [6.45, 7) is 7.71. The van der Waals surface area contributed by atoms with Crippen LogP contribution in [-0.2, 0) is 0 Å². The number of benzene rings is 1. The quantitative estimate of drug-likeness (QED) is 0.685. The van der Waals surface area contributed by atoms with Crippen LogP contribution in [0.1, 0.15) is 19.4 Å². The van der Waals surface area contributed by atoms with E-state index in [0.29, 0.717) is 5.92 Å². The molecule has 0 atom stereocenters. The summed E-state index contributed by atoms with van der Waals surface area (Å²) < 4.78 is 0. The molecule has 0 aromatic heterocycles. The van der Waals surface area contributed by atoms with Crippen LogP contribution in [0.4, 0.5) is 5.69 Å². The van der Waals surface area contributed by atoms with Crippen LogP contribution in [0.2, 0.25) is 0 Å². The van der Waals surface area contributed by atoms with Crippen molar-refractivity contribution in [1.29, 1.82) is 0 Å². The molecule has 0 amide bonds. The molecule has 1 aromatic rings. The van der Waals surface area contributed by atoms with Crippen LogP contribution in [0, 0.1) is 12.8 Å². The van der Waals surface area contributed by atoms with Gasteiger partial charge in [-0.2, -0.15) is 0 Å². The monoisotopic (exact) mass is 177 g/mol. The molecule has 0 saturated carbocycles. The number of hydrogen-bond donors (Lipinski definition) is 0. The fourth-order valence-corrected chi connectivity index (χ4v) is 1.45. The van der Waals surface area contributed by atoms with Gasteiger partial charge in [0.1, 0.15) is 0 Å². The Hall–Kier alpha value is -0.980. The van der Waals surface area contributed by atoms with Gasteiger partial charge in [0.15, 0.2) is 0 Å². The number of hydrogen-bond acceptors (Lipinski definition) is 1. The minimum Gasteiger partial charge on any atom is -0.374 e. The van der Waals surface area contributed by atoms with Gasteiger partial charge < -0.3 is 4.90 Å². The van der Waals surface area contributed by atoms with Crippen molar-refractivity contribution < 1.29 is 0 Å². The van der Waals surface area contributed by atoms with E-state index in [0.717, 1.165) is 6.54 Å². The second-order valence-corrected chi connectivity index (χ2v) is 4.11. The van der Waals surface area contributed by atoms with Crippen LogP contribution in [0.15, 0.2) is 24.3 Å². The number of nitrogens with zero attached hydrogens (tertiary/aromatic N) is 1. The van der Waals surface area contributed by atoms with Gasteiger partial charge in [-0.1, -0.05) is 31.5 Å². The molecule has 1 nitrogen and oxygen atoms in total. The zero-order chi connectivity index (χ0) is 9.84. The van der Waals surface area contributed by atoms with Crippen LogP contribution in [0.25, 0.3) is 0 Å². The second-order valence-electron chi connectivity index (χ2n) is 4.11. The highest BCUT2D eigenvalue weighted by molar-refractivity contribution is 5.46. The summed E-state index contributed by atoms with van der Waals surface area (Å²) in [5.41, 5.74) is 2.63. The van der Waals surface area contributed by atoms with E-state index < -0.39 is 0 Å². The van der Waals surface area contributed by atoms with Crippen LogP contribution < -0.4 is 4.90 Å². The van der Waals surface area contributed by atoms with Crippen LogP contribution in [-0.4, -0.2) is 13.6 Å². The average Bonchev–Trinajstić information content (AvgIpc) is 2.04. The van der Waals surface area contributed by atoms with Gasteiger partial charge in [0.25, 0.3) is 0 Å². The molecule has 0 fully saturated rings. The molecule has 0 spiro atoms. The van der Waals surface area contributed by atoms with E-state index in [2.05, 4.69) is 57.0 Å². The highest BCUT2D eigenvalue weighted by atomic mass is 15.1. The summed E-state index contributed by atoms with van der Waals surface area (Å²) >= 11 is 0. The van der Waals surface area contributed by atoms with Crippen LogP contribution in [0.3, 0.4) is 0 Å². The standard InChI is InChI=1S/C12H19N/c1-10(2)9-13(4)12-7-5-11(3)6-8-12/h5-8,10H,9H2,1-4H3. The molecule has 0 N–H and O–H groups in total. The predicted octanol–water partition coefficient (Wildman–Crippen LogP) is 3.09. The predicted molar refractivity (Wildman–Crippen MR) is 59.3 cm³/mol. The summed E-state index contributed by atoms with van der Waals surface area (Å²) in [5, 5.41) is 0. The van der Waals surface area contributed by atoms with Crippen molar-refractivity contribution in [2.45, 2.75) is 20.8 Å². The van der Waals surface area contributed by atoms with Crippen LogP contribution >= 0.6 is 0 Å². The molecule has 72 valence electrons. The number of rotatable bonds is 3. The minimum absolute atomic E-state index is 0.714. The average molecular weight is 177 g/mol. The van der Waals surface area contributed by atoms with Crippen molar-refractivity contribution in [2.24, 2.45) is 5.92 Å². The Balaban J connectivity index is 2.66. The molecule has 1 aromatic carbocycles. The molecule has 0 aliphatic heterocycles. The van der Waals surface area contributed by atoms with Gasteiger partial charge in [0, 0.05) is 19.3 Å². The van der Waals surface area contributed by atoms with Crippen LogP contribution in [0.5, 0.6) is 0 Å². The van der Waals surface area contributed by atoms with E-state index in [1.54, 1.807) is 0 Å².